The average Bonchev–Trinajstić information content (AvgIpc) is 2.87. The van der Waals surface area contributed by atoms with Gasteiger partial charge in [0.05, 0.1) is 7.11 Å². The zero-order valence-corrected chi connectivity index (χ0v) is 19.4. The molecule has 0 saturated carbocycles. The topological polar surface area (TPSA) is 47.6 Å². The van der Waals surface area contributed by atoms with Crippen molar-refractivity contribution in [3.63, 3.8) is 0 Å². The van der Waals surface area contributed by atoms with Crippen molar-refractivity contribution in [1.29, 1.82) is 0 Å². The third-order valence-electron chi connectivity index (χ3n) is 5.24. The molecule has 0 saturated heterocycles. The van der Waals surface area contributed by atoms with Crippen LogP contribution >= 0.6 is 0 Å². The van der Waals surface area contributed by atoms with Crippen LogP contribution < -0.4 is 10.1 Å². The Hall–Kier alpha value is -3.55. The number of carbonyl (C=O) groups excluding carboxylic acids is 1. The number of rotatable bonds is 10. The second-order valence-electron chi connectivity index (χ2n) is 7.86. The number of aryl methyl sites for hydroxylation is 1. The van der Waals surface area contributed by atoms with Crippen LogP contribution in [0.2, 0.25) is 0 Å². The standard InChI is InChI=1S/C29H31NO3/c1-3-4-5-23-6-8-24(9-7-23)10-11-25-12-14-26(15-13-25)20-30-21-27-16-18-28(19-17-27)33-22-29(31)32-2/h6-9,12-19,30H,3-5,20-22H2,1-2H3. The first-order valence-corrected chi connectivity index (χ1v) is 11.4. The lowest BCUT2D eigenvalue weighted by Crippen LogP contribution is -2.13. The Labute approximate surface area is 196 Å². The van der Waals surface area contributed by atoms with Crippen molar-refractivity contribution in [2.75, 3.05) is 13.7 Å². The number of carbonyl (C=O) groups is 1. The van der Waals surface area contributed by atoms with Gasteiger partial charge in [-0.1, -0.05) is 61.6 Å². The molecule has 0 aliphatic heterocycles. The van der Waals surface area contributed by atoms with E-state index in [2.05, 4.69) is 77.3 Å². The predicted octanol–water partition coefficient (Wildman–Crippen LogP) is 5.27. The third kappa shape index (κ3) is 8.48. The maximum absolute atomic E-state index is 11.1. The molecule has 0 aliphatic carbocycles. The first-order chi connectivity index (χ1) is 16.2. The lowest BCUT2D eigenvalue weighted by molar-refractivity contribution is -0.142. The summed E-state index contributed by atoms with van der Waals surface area (Å²) in [6.45, 7) is 3.65. The molecule has 4 heteroatoms. The summed E-state index contributed by atoms with van der Waals surface area (Å²) in [7, 11) is 1.34. The van der Waals surface area contributed by atoms with Crippen LogP contribution in [0.4, 0.5) is 0 Å². The van der Waals surface area contributed by atoms with Gasteiger partial charge in [0.25, 0.3) is 0 Å². The highest BCUT2D eigenvalue weighted by atomic mass is 16.6. The molecular formula is C29H31NO3. The molecule has 170 valence electrons. The van der Waals surface area contributed by atoms with E-state index in [1.165, 1.54) is 31.1 Å². The molecule has 1 N–H and O–H groups in total. The van der Waals surface area contributed by atoms with Crippen LogP contribution in [-0.2, 0) is 29.0 Å². The number of methoxy groups -OCH3 is 1. The fourth-order valence-electron chi connectivity index (χ4n) is 3.24. The molecule has 0 radical (unpaired) electrons. The zero-order valence-electron chi connectivity index (χ0n) is 19.4. The van der Waals surface area contributed by atoms with Gasteiger partial charge in [-0.3, -0.25) is 0 Å². The molecule has 3 aromatic rings. The van der Waals surface area contributed by atoms with Gasteiger partial charge in [0.15, 0.2) is 6.61 Å². The molecule has 0 aliphatic rings. The van der Waals surface area contributed by atoms with Crippen LogP contribution in [0.5, 0.6) is 5.75 Å². The summed E-state index contributed by atoms with van der Waals surface area (Å²) in [4.78, 5) is 11.1. The van der Waals surface area contributed by atoms with Crippen LogP contribution in [-0.4, -0.2) is 19.7 Å². The second-order valence-corrected chi connectivity index (χ2v) is 7.86. The molecule has 0 amide bonds. The Morgan fingerprint density at radius 2 is 1.30 bits per heavy atom. The van der Waals surface area contributed by atoms with E-state index < -0.39 is 5.97 Å². The zero-order chi connectivity index (χ0) is 23.3. The molecule has 0 bridgehead atoms. The number of unbranched alkanes of at least 4 members (excludes halogenated alkanes) is 1. The minimum Gasteiger partial charge on any atom is -0.482 e. The Balaban J connectivity index is 1.44. The minimum absolute atomic E-state index is 0.0835. The summed E-state index contributed by atoms with van der Waals surface area (Å²) in [6.07, 6.45) is 3.58. The van der Waals surface area contributed by atoms with Gasteiger partial charge in [0, 0.05) is 24.2 Å². The van der Waals surface area contributed by atoms with Crippen molar-refractivity contribution >= 4 is 5.97 Å². The molecule has 0 fully saturated rings. The Kier molecular flexibility index (Phi) is 9.57. The highest BCUT2D eigenvalue weighted by Gasteiger charge is 2.02. The van der Waals surface area contributed by atoms with Crippen LogP contribution in [0.15, 0.2) is 72.8 Å². The Morgan fingerprint density at radius 3 is 1.82 bits per heavy atom. The van der Waals surface area contributed by atoms with Gasteiger partial charge in [0.2, 0.25) is 0 Å². The molecule has 3 rings (SSSR count). The van der Waals surface area contributed by atoms with Crippen molar-refractivity contribution in [3.8, 4) is 17.6 Å². The number of esters is 1. The first kappa shape index (κ1) is 24.1. The molecule has 0 aromatic heterocycles. The van der Waals surface area contributed by atoms with E-state index in [-0.39, 0.29) is 6.61 Å². The van der Waals surface area contributed by atoms with E-state index >= 15 is 0 Å². The van der Waals surface area contributed by atoms with E-state index in [1.807, 2.05) is 24.3 Å². The summed E-state index contributed by atoms with van der Waals surface area (Å²) in [6, 6.07) is 24.6. The van der Waals surface area contributed by atoms with Gasteiger partial charge < -0.3 is 14.8 Å². The lowest BCUT2D eigenvalue weighted by Gasteiger charge is -2.08. The van der Waals surface area contributed by atoms with Crippen LogP contribution in [0.3, 0.4) is 0 Å². The van der Waals surface area contributed by atoms with E-state index in [0.717, 1.165) is 36.2 Å². The largest absolute Gasteiger partial charge is 0.482 e. The summed E-state index contributed by atoms with van der Waals surface area (Å²) in [5.74, 6) is 6.75. The SMILES string of the molecule is CCCCc1ccc(C#Cc2ccc(CNCc3ccc(OCC(=O)OC)cc3)cc2)cc1. The highest BCUT2D eigenvalue weighted by Crippen LogP contribution is 2.13. The highest BCUT2D eigenvalue weighted by molar-refractivity contribution is 5.70. The predicted molar refractivity (Wildman–Crippen MR) is 132 cm³/mol. The van der Waals surface area contributed by atoms with Gasteiger partial charge in [-0.05, 0) is 65.9 Å². The van der Waals surface area contributed by atoms with E-state index in [4.69, 9.17) is 4.74 Å². The quantitative estimate of drug-likeness (QED) is 0.344. The average molecular weight is 442 g/mol. The van der Waals surface area contributed by atoms with Gasteiger partial charge in [-0.25, -0.2) is 4.79 Å². The van der Waals surface area contributed by atoms with E-state index in [9.17, 15) is 4.79 Å². The summed E-state index contributed by atoms with van der Waals surface area (Å²) in [5.41, 5.74) is 5.78. The molecule has 0 spiro atoms. The number of hydrogen-bond acceptors (Lipinski definition) is 4. The number of benzene rings is 3. The van der Waals surface area contributed by atoms with E-state index in [0.29, 0.717) is 5.75 Å². The molecule has 3 aromatic carbocycles. The molecule has 0 heterocycles. The molecule has 4 nitrogen and oxygen atoms in total. The fraction of sp³-hybridized carbons (Fsp3) is 0.276. The van der Waals surface area contributed by atoms with Crippen molar-refractivity contribution in [3.05, 3.63) is 101 Å². The molecule has 0 unspecified atom stereocenters. The number of ether oxygens (including phenoxy) is 2. The maximum atomic E-state index is 11.1. The molecule has 0 atom stereocenters. The van der Waals surface area contributed by atoms with Crippen LogP contribution in [0.1, 0.15) is 47.6 Å². The monoisotopic (exact) mass is 441 g/mol. The first-order valence-electron chi connectivity index (χ1n) is 11.4. The molecular weight excluding hydrogens is 410 g/mol. The van der Waals surface area contributed by atoms with E-state index in [1.54, 1.807) is 0 Å². The molecule has 33 heavy (non-hydrogen) atoms. The second kappa shape index (κ2) is 13.1. The van der Waals surface area contributed by atoms with Gasteiger partial charge in [-0.15, -0.1) is 0 Å². The summed E-state index contributed by atoms with van der Waals surface area (Å²) < 4.78 is 9.93. The summed E-state index contributed by atoms with van der Waals surface area (Å²) >= 11 is 0. The van der Waals surface area contributed by atoms with Gasteiger partial charge in [0.1, 0.15) is 5.75 Å². The van der Waals surface area contributed by atoms with Crippen molar-refractivity contribution in [1.82, 2.24) is 5.32 Å². The van der Waals surface area contributed by atoms with Crippen LogP contribution in [0, 0.1) is 11.8 Å². The van der Waals surface area contributed by atoms with Crippen LogP contribution in [0.25, 0.3) is 0 Å². The van der Waals surface area contributed by atoms with Gasteiger partial charge >= 0.3 is 5.97 Å². The Bertz CT molecular complexity index is 1060. The van der Waals surface area contributed by atoms with Gasteiger partial charge in [-0.2, -0.15) is 0 Å². The maximum Gasteiger partial charge on any atom is 0.343 e. The Morgan fingerprint density at radius 1 is 0.788 bits per heavy atom. The smallest absolute Gasteiger partial charge is 0.343 e. The number of hydrogen-bond donors (Lipinski definition) is 1. The normalized spacial score (nSPS) is 10.2. The van der Waals surface area contributed by atoms with Crippen molar-refractivity contribution in [2.45, 2.75) is 39.3 Å². The fourth-order valence-corrected chi connectivity index (χ4v) is 3.24. The number of nitrogens with one attached hydrogen (secondary N) is 1. The van der Waals surface area contributed by atoms with Crippen molar-refractivity contribution < 1.29 is 14.3 Å². The van der Waals surface area contributed by atoms with Crippen molar-refractivity contribution in [2.24, 2.45) is 0 Å². The minimum atomic E-state index is -0.394. The third-order valence-corrected chi connectivity index (χ3v) is 5.24. The summed E-state index contributed by atoms with van der Waals surface area (Å²) in [5, 5.41) is 3.44. The lowest BCUT2D eigenvalue weighted by atomic mass is 10.1.